The topological polar surface area (TPSA) is 77.8 Å². The van der Waals surface area contributed by atoms with Crippen LogP contribution in [0.15, 0.2) is 52.9 Å². The molecule has 0 aliphatic heterocycles. The average molecular weight is 353 g/mol. The monoisotopic (exact) mass is 353 g/mol. The van der Waals surface area contributed by atoms with Crippen LogP contribution in [0.3, 0.4) is 0 Å². The summed E-state index contributed by atoms with van der Waals surface area (Å²) in [5.41, 5.74) is 1.79. The molecule has 0 saturated carbocycles. The van der Waals surface area contributed by atoms with Crippen molar-refractivity contribution in [1.29, 1.82) is 0 Å². The number of amides is 1. The summed E-state index contributed by atoms with van der Waals surface area (Å²) >= 11 is 0. The van der Waals surface area contributed by atoms with Gasteiger partial charge in [0.25, 0.3) is 5.91 Å². The Morgan fingerprint density at radius 1 is 1.08 bits per heavy atom. The molecule has 6 heteroatoms. The highest BCUT2D eigenvalue weighted by Gasteiger charge is 2.24. The third-order valence-corrected chi connectivity index (χ3v) is 4.05. The predicted molar refractivity (Wildman–Crippen MR) is 97.5 cm³/mol. The van der Waals surface area contributed by atoms with Crippen LogP contribution in [-0.2, 0) is 9.53 Å². The minimum atomic E-state index is -1.000. The van der Waals surface area contributed by atoms with E-state index in [1.165, 1.54) is 14.0 Å². The summed E-state index contributed by atoms with van der Waals surface area (Å²) in [6.07, 6.45) is -1.000. The van der Waals surface area contributed by atoms with Crippen LogP contribution in [0.4, 0.5) is 5.69 Å². The van der Waals surface area contributed by atoms with Gasteiger partial charge >= 0.3 is 5.97 Å². The maximum absolute atomic E-state index is 12.4. The highest BCUT2D eigenvalue weighted by atomic mass is 16.6. The number of aryl methyl sites for hydroxylation is 1. The van der Waals surface area contributed by atoms with Gasteiger partial charge in [-0.05, 0) is 32.0 Å². The molecule has 0 fully saturated rings. The van der Waals surface area contributed by atoms with Crippen LogP contribution in [0, 0.1) is 6.92 Å². The van der Waals surface area contributed by atoms with E-state index in [9.17, 15) is 9.59 Å². The van der Waals surface area contributed by atoms with Crippen molar-refractivity contribution < 1.29 is 23.5 Å². The number of esters is 1. The Balaban J connectivity index is 1.72. The number of para-hydroxylation sites is 3. The van der Waals surface area contributed by atoms with E-state index < -0.39 is 18.0 Å². The molecule has 1 N–H and O–H groups in total. The second kappa shape index (κ2) is 7.31. The van der Waals surface area contributed by atoms with Gasteiger partial charge < -0.3 is 19.2 Å². The molecule has 6 nitrogen and oxygen atoms in total. The maximum atomic E-state index is 12.4. The van der Waals surface area contributed by atoms with Crippen LogP contribution in [0.5, 0.6) is 5.75 Å². The number of benzene rings is 2. The summed E-state index contributed by atoms with van der Waals surface area (Å²) in [5.74, 6) is -0.520. The van der Waals surface area contributed by atoms with E-state index in [1.54, 1.807) is 37.3 Å². The zero-order valence-corrected chi connectivity index (χ0v) is 14.7. The van der Waals surface area contributed by atoms with Gasteiger partial charge in [-0.25, -0.2) is 4.79 Å². The molecule has 26 heavy (non-hydrogen) atoms. The van der Waals surface area contributed by atoms with Gasteiger partial charge in [0.2, 0.25) is 5.76 Å². The normalized spacial score (nSPS) is 11.8. The molecule has 0 bridgehead atoms. The lowest BCUT2D eigenvalue weighted by Gasteiger charge is -2.14. The van der Waals surface area contributed by atoms with Gasteiger partial charge in [0, 0.05) is 10.9 Å². The average Bonchev–Trinajstić information content (AvgIpc) is 2.99. The van der Waals surface area contributed by atoms with Crippen LogP contribution in [0.2, 0.25) is 0 Å². The minimum Gasteiger partial charge on any atom is -0.495 e. The fourth-order valence-electron chi connectivity index (χ4n) is 2.62. The third kappa shape index (κ3) is 3.39. The van der Waals surface area contributed by atoms with E-state index in [2.05, 4.69) is 5.32 Å². The Kier molecular flexibility index (Phi) is 4.93. The Labute approximate surface area is 150 Å². The summed E-state index contributed by atoms with van der Waals surface area (Å²) < 4.78 is 16.0. The molecule has 1 atom stereocenters. The van der Waals surface area contributed by atoms with Crippen LogP contribution >= 0.6 is 0 Å². The van der Waals surface area contributed by atoms with Crippen molar-refractivity contribution in [3.63, 3.8) is 0 Å². The van der Waals surface area contributed by atoms with Crippen LogP contribution in [0.1, 0.15) is 23.0 Å². The standard InChI is InChI=1S/C20H19NO5/c1-12-14-8-4-6-10-16(14)26-18(12)20(23)25-13(2)19(22)21-15-9-5-7-11-17(15)24-3/h4-11,13H,1-3H3,(H,21,22)/t13-/m1/s1. The lowest BCUT2D eigenvalue weighted by molar-refractivity contribution is -0.123. The van der Waals surface area contributed by atoms with Crippen molar-refractivity contribution in [2.24, 2.45) is 0 Å². The van der Waals surface area contributed by atoms with E-state index in [1.807, 2.05) is 18.2 Å². The first-order valence-electron chi connectivity index (χ1n) is 8.14. The molecule has 1 aromatic heterocycles. The van der Waals surface area contributed by atoms with Gasteiger partial charge in [-0.3, -0.25) is 4.79 Å². The van der Waals surface area contributed by atoms with Gasteiger partial charge in [0.05, 0.1) is 12.8 Å². The van der Waals surface area contributed by atoms with E-state index in [0.29, 0.717) is 22.6 Å². The molecule has 0 spiro atoms. The molecule has 0 unspecified atom stereocenters. The molecule has 134 valence electrons. The second-order valence-electron chi connectivity index (χ2n) is 5.79. The van der Waals surface area contributed by atoms with Gasteiger partial charge in [-0.15, -0.1) is 0 Å². The van der Waals surface area contributed by atoms with Crippen molar-refractivity contribution >= 4 is 28.5 Å². The number of nitrogens with one attached hydrogen (secondary N) is 1. The number of methoxy groups -OCH3 is 1. The highest BCUT2D eigenvalue weighted by Crippen LogP contribution is 2.26. The van der Waals surface area contributed by atoms with Crippen LogP contribution < -0.4 is 10.1 Å². The predicted octanol–water partition coefficient (Wildman–Crippen LogP) is 3.93. The number of fused-ring (bicyclic) bond motifs is 1. The smallest absolute Gasteiger partial charge is 0.375 e. The van der Waals surface area contributed by atoms with Gasteiger partial charge in [-0.2, -0.15) is 0 Å². The largest absolute Gasteiger partial charge is 0.495 e. The van der Waals surface area contributed by atoms with E-state index >= 15 is 0 Å². The number of hydrogen-bond donors (Lipinski definition) is 1. The Morgan fingerprint density at radius 3 is 2.50 bits per heavy atom. The van der Waals surface area contributed by atoms with Gasteiger partial charge in [0.1, 0.15) is 11.3 Å². The second-order valence-corrected chi connectivity index (χ2v) is 5.79. The number of rotatable bonds is 5. The number of carbonyl (C=O) groups is 2. The molecule has 3 rings (SSSR count). The Bertz CT molecular complexity index is 960. The molecule has 1 amide bonds. The summed E-state index contributed by atoms with van der Waals surface area (Å²) in [7, 11) is 1.51. The summed E-state index contributed by atoms with van der Waals surface area (Å²) in [6, 6.07) is 14.3. The molecule has 3 aromatic rings. The fraction of sp³-hybridized carbons (Fsp3) is 0.200. The first-order valence-corrected chi connectivity index (χ1v) is 8.14. The lowest BCUT2D eigenvalue weighted by Crippen LogP contribution is -2.30. The fourth-order valence-corrected chi connectivity index (χ4v) is 2.62. The van der Waals surface area contributed by atoms with Crippen LogP contribution in [0.25, 0.3) is 11.0 Å². The van der Waals surface area contributed by atoms with Crippen molar-refractivity contribution in [2.75, 3.05) is 12.4 Å². The molecule has 0 saturated heterocycles. The lowest BCUT2D eigenvalue weighted by atomic mass is 10.1. The quantitative estimate of drug-likeness (QED) is 0.703. The number of anilines is 1. The van der Waals surface area contributed by atoms with Crippen molar-refractivity contribution in [3.8, 4) is 5.75 Å². The number of carbonyl (C=O) groups excluding carboxylic acids is 2. The van der Waals surface area contributed by atoms with E-state index in [4.69, 9.17) is 13.9 Å². The Hall–Kier alpha value is -3.28. The molecule has 1 heterocycles. The summed E-state index contributed by atoms with van der Waals surface area (Å²) in [5, 5.41) is 3.53. The van der Waals surface area contributed by atoms with Crippen molar-refractivity contribution in [1.82, 2.24) is 0 Å². The Morgan fingerprint density at radius 2 is 1.77 bits per heavy atom. The molecule has 2 aromatic carbocycles. The zero-order valence-electron chi connectivity index (χ0n) is 14.7. The van der Waals surface area contributed by atoms with Gasteiger partial charge in [0.15, 0.2) is 6.10 Å². The molecule has 0 aliphatic rings. The van der Waals surface area contributed by atoms with Crippen molar-refractivity contribution in [3.05, 3.63) is 59.9 Å². The SMILES string of the molecule is COc1ccccc1NC(=O)[C@@H](C)OC(=O)c1oc2ccccc2c1C. The molecular weight excluding hydrogens is 334 g/mol. The number of ether oxygens (including phenoxy) is 2. The van der Waals surface area contributed by atoms with Gasteiger partial charge in [-0.1, -0.05) is 30.3 Å². The maximum Gasteiger partial charge on any atom is 0.375 e. The zero-order chi connectivity index (χ0) is 18.7. The molecule has 0 aliphatic carbocycles. The first-order chi connectivity index (χ1) is 12.5. The van der Waals surface area contributed by atoms with Crippen molar-refractivity contribution in [2.45, 2.75) is 20.0 Å². The molecular formula is C20H19NO5. The summed E-state index contributed by atoms with van der Waals surface area (Å²) in [4.78, 5) is 24.7. The highest BCUT2D eigenvalue weighted by molar-refractivity contribution is 5.99. The third-order valence-electron chi connectivity index (χ3n) is 4.05. The number of furan rings is 1. The van der Waals surface area contributed by atoms with Crippen LogP contribution in [-0.4, -0.2) is 25.1 Å². The minimum absolute atomic E-state index is 0.100. The molecule has 0 radical (unpaired) electrons. The number of hydrogen-bond acceptors (Lipinski definition) is 5. The van der Waals surface area contributed by atoms with E-state index in [-0.39, 0.29) is 5.76 Å². The first kappa shape index (κ1) is 17.5. The summed E-state index contributed by atoms with van der Waals surface area (Å²) in [6.45, 7) is 3.28. The van der Waals surface area contributed by atoms with E-state index in [0.717, 1.165) is 5.39 Å².